The van der Waals surface area contributed by atoms with Crippen molar-refractivity contribution in [2.45, 2.75) is 63.8 Å². The molecule has 1 aromatic rings. The summed E-state index contributed by atoms with van der Waals surface area (Å²) >= 11 is 0. The fraction of sp³-hybridized carbons (Fsp3) is 0.552. The number of carboxylic acid groups (broad SMARTS) is 1. The molecule has 1 saturated heterocycles. The molecule has 44 heavy (non-hydrogen) atoms. The van der Waals surface area contributed by atoms with Crippen LogP contribution in [-0.4, -0.2) is 114 Å². The maximum absolute atomic E-state index is 11.9. The van der Waals surface area contributed by atoms with E-state index in [1.807, 2.05) is 0 Å². The highest BCUT2D eigenvalue weighted by Crippen LogP contribution is 2.28. The first-order valence-electron chi connectivity index (χ1n) is 14.2. The number of carbonyl (C=O) groups is 5. The van der Waals surface area contributed by atoms with Crippen molar-refractivity contribution in [1.29, 1.82) is 0 Å². The standard InChI is InChI=1S/C29H38N2O13/c1-18(32)42-17-20-15-19(4-5-22(20)43-26-16-21(33)27(37)28(44-26)29(38)39)3-2-11-40-13-14-41-12-9-30-23(34)8-10-31-24(35)6-7-25(31)36/h4-7,15,21,26-28,33,37H,2-3,8-14,16-17H2,1H3,(H,30,34)(H,38,39)/t21-,26?,27+,28+/m1/s1. The minimum atomic E-state index is -1.65. The summed E-state index contributed by atoms with van der Waals surface area (Å²) in [6.45, 7) is 2.89. The van der Waals surface area contributed by atoms with Crippen molar-refractivity contribution in [3.63, 3.8) is 0 Å². The Hall–Kier alpha value is -3.89. The Balaban J connectivity index is 1.32. The van der Waals surface area contributed by atoms with Gasteiger partial charge in [0.1, 0.15) is 18.5 Å². The summed E-state index contributed by atoms with van der Waals surface area (Å²) in [5.41, 5.74) is 1.43. The lowest BCUT2D eigenvalue weighted by atomic mass is 10.0. The third-order valence-corrected chi connectivity index (χ3v) is 6.65. The van der Waals surface area contributed by atoms with Gasteiger partial charge >= 0.3 is 11.9 Å². The molecule has 3 amide bonds. The molecule has 15 heteroatoms. The van der Waals surface area contributed by atoms with Crippen LogP contribution in [0.3, 0.4) is 0 Å². The average molecular weight is 623 g/mol. The minimum absolute atomic E-state index is 0.0144. The first-order valence-corrected chi connectivity index (χ1v) is 14.2. The van der Waals surface area contributed by atoms with E-state index in [-0.39, 0.29) is 50.8 Å². The average Bonchev–Trinajstić information content (AvgIpc) is 3.30. The van der Waals surface area contributed by atoms with Crippen molar-refractivity contribution < 1.29 is 63.0 Å². The van der Waals surface area contributed by atoms with Gasteiger partial charge in [0.2, 0.25) is 12.2 Å². The second-order valence-corrected chi connectivity index (χ2v) is 10.0. The van der Waals surface area contributed by atoms with E-state index in [4.69, 9.17) is 23.7 Å². The van der Waals surface area contributed by atoms with E-state index in [2.05, 4.69) is 5.32 Å². The largest absolute Gasteiger partial charge is 0.479 e. The predicted octanol–water partition coefficient (Wildman–Crippen LogP) is -0.553. The van der Waals surface area contributed by atoms with Gasteiger partial charge in [-0.2, -0.15) is 0 Å². The monoisotopic (exact) mass is 622 g/mol. The maximum atomic E-state index is 11.9. The number of ether oxygens (including phenoxy) is 5. The number of aliphatic carboxylic acids is 1. The molecule has 0 spiro atoms. The first-order chi connectivity index (χ1) is 21.0. The zero-order valence-electron chi connectivity index (χ0n) is 24.3. The number of aliphatic hydroxyl groups is 2. The summed E-state index contributed by atoms with van der Waals surface area (Å²) in [6.07, 6.45) is -2.22. The highest BCUT2D eigenvalue weighted by Gasteiger charge is 2.42. The molecular formula is C29H38N2O13. The predicted molar refractivity (Wildman–Crippen MR) is 149 cm³/mol. The van der Waals surface area contributed by atoms with Gasteiger partial charge in [0, 0.05) is 57.2 Å². The second kappa shape index (κ2) is 17.4. The number of hydrogen-bond acceptors (Lipinski definition) is 12. The number of aryl methyl sites for hydroxylation is 1. The molecule has 0 saturated carbocycles. The van der Waals surface area contributed by atoms with E-state index in [0.29, 0.717) is 38.2 Å². The molecular weight excluding hydrogens is 584 g/mol. The number of nitrogens with zero attached hydrogens (tertiary/aromatic N) is 1. The summed E-state index contributed by atoms with van der Waals surface area (Å²) in [5, 5.41) is 31.8. The third-order valence-electron chi connectivity index (χ3n) is 6.65. The van der Waals surface area contributed by atoms with Crippen molar-refractivity contribution in [2.75, 3.05) is 39.5 Å². The summed E-state index contributed by atoms with van der Waals surface area (Å²) < 4.78 is 27.3. The number of hydrogen-bond donors (Lipinski definition) is 4. The summed E-state index contributed by atoms with van der Waals surface area (Å²) in [7, 11) is 0. The summed E-state index contributed by atoms with van der Waals surface area (Å²) in [6, 6.07) is 5.22. The van der Waals surface area contributed by atoms with Crippen LogP contribution in [0.2, 0.25) is 0 Å². The van der Waals surface area contributed by atoms with Crippen LogP contribution in [0, 0.1) is 0 Å². The normalized spacial score (nSPS) is 21.4. The number of aliphatic hydroxyl groups excluding tert-OH is 2. The lowest BCUT2D eigenvalue weighted by molar-refractivity contribution is -0.228. The van der Waals surface area contributed by atoms with Crippen LogP contribution in [0.15, 0.2) is 30.4 Å². The zero-order chi connectivity index (χ0) is 32.1. The fourth-order valence-electron chi connectivity index (χ4n) is 4.37. The van der Waals surface area contributed by atoms with Crippen molar-refractivity contribution >= 4 is 29.7 Å². The number of carbonyl (C=O) groups excluding carboxylic acids is 4. The van der Waals surface area contributed by atoms with Crippen molar-refractivity contribution in [3.8, 4) is 5.75 Å². The summed E-state index contributed by atoms with van der Waals surface area (Å²) in [5.74, 6) is -2.78. The molecule has 0 bridgehead atoms. The van der Waals surface area contributed by atoms with E-state index in [0.717, 1.165) is 10.5 Å². The molecule has 4 atom stereocenters. The molecule has 0 aliphatic carbocycles. The van der Waals surface area contributed by atoms with E-state index in [9.17, 15) is 39.3 Å². The molecule has 242 valence electrons. The van der Waals surface area contributed by atoms with E-state index >= 15 is 0 Å². The molecule has 0 radical (unpaired) electrons. The number of amides is 3. The Labute approximate surface area is 253 Å². The topological polar surface area (TPSA) is 207 Å². The first kappa shape index (κ1) is 34.6. The molecule has 0 aromatic heterocycles. The van der Waals surface area contributed by atoms with Gasteiger partial charge in [-0.1, -0.05) is 6.07 Å². The molecule has 1 aromatic carbocycles. The SMILES string of the molecule is CC(=O)OCc1cc(CCCOCCOCCNC(=O)CCN2C(=O)C=CC2=O)ccc1OC1C[C@@H](O)[C@H](O)[C@@H](C(=O)O)O1. The van der Waals surface area contributed by atoms with Crippen LogP contribution < -0.4 is 10.1 Å². The maximum Gasteiger partial charge on any atom is 0.335 e. The van der Waals surface area contributed by atoms with Crippen LogP contribution in [0.25, 0.3) is 0 Å². The summed E-state index contributed by atoms with van der Waals surface area (Å²) in [4.78, 5) is 58.6. The lowest BCUT2D eigenvalue weighted by Gasteiger charge is -2.35. The van der Waals surface area contributed by atoms with Crippen molar-refractivity contribution in [1.82, 2.24) is 10.2 Å². The molecule has 3 rings (SSSR count). The number of imide groups is 1. The molecule has 2 aliphatic rings. The van der Waals surface area contributed by atoms with Gasteiger partial charge in [-0.25, -0.2) is 4.79 Å². The Morgan fingerprint density at radius 2 is 1.75 bits per heavy atom. The quantitative estimate of drug-likeness (QED) is 0.0922. The molecule has 1 unspecified atom stereocenters. The molecule has 1 fully saturated rings. The Morgan fingerprint density at radius 3 is 2.43 bits per heavy atom. The number of rotatable bonds is 18. The Bertz CT molecular complexity index is 1190. The molecule has 4 N–H and O–H groups in total. The number of esters is 1. The molecule has 2 heterocycles. The van der Waals surface area contributed by atoms with Gasteiger partial charge in [-0.05, 0) is 30.5 Å². The van der Waals surface area contributed by atoms with Crippen LogP contribution in [0.4, 0.5) is 0 Å². The van der Waals surface area contributed by atoms with Crippen molar-refractivity contribution in [2.24, 2.45) is 0 Å². The number of nitrogens with one attached hydrogen (secondary N) is 1. The van der Waals surface area contributed by atoms with E-state index in [1.54, 1.807) is 18.2 Å². The van der Waals surface area contributed by atoms with Gasteiger partial charge < -0.3 is 44.3 Å². The third kappa shape index (κ3) is 11.0. The van der Waals surface area contributed by atoms with Gasteiger partial charge in [-0.15, -0.1) is 0 Å². The minimum Gasteiger partial charge on any atom is -0.479 e. The van der Waals surface area contributed by atoms with Crippen LogP contribution >= 0.6 is 0 Å². The second-order valence-electron chi connectivity index (χ2n) is 10.0. The smallest absolute Gasteiger partial charge is 0.335 e. The van der Waals surface area contributed by atoms with Gasteiger partial charge in [0.25, 0.3) is 11.8 Å². The highest BCUT2D eigenvalue weighted by atomic mass is 16.7. The van der Waals surface area contributed by atoms with E-state index < -0.39 is 48.4 Å². The Morgan fingerprint density at radius 1 is 1.05 bits per heavy atom. The van der Waals surface area contributed by atoms with Gasteiger partial charge in [0.15, 0.2) is 6.10 Å². The zero-order valence-corrected chi connectivity index (χ0v) is 24.3. The fourth-order valence-corrected chi connectivity index (χ4v) is 4.37. The number of carboxylic acids is 1. The van der Waals surface area contributed by atoms with Gasteiger partial charge in [-0.3, -0.25) is 24.1 Å². The van der Waals surface area contributed by atoms with Crippen LogP contribution in [0.1, 0.15) is 37.3 Å². The highest BCUT2D eigenvalue weighted by molar-refractivity contribution is 6.13. The molecule has 15 nitrogen and oxygen atoms in total. The number of benzene rings is 1. The Kier molecular flexibility index (Phi) is 13.7. The van der Waals surface area contributed by atoms with Crippen molar-refractivity contribution in [3.05, 3.63) is 41.5 Å². The van der Waals surface area contributed by atoms with Crippen LogP contribution in [0.5, 0.6) is 5.75 Å². The van der Waals surface area contributed by atoms with Crippen LogP contribution in [-0.2, 0) is 55.9 Å². The van der Waals surface area contributed by atoms with Gasteiger partial charge in [0.05, 0.1) is 25.9 Å². The molecule has 2 aliphatic heterocycles. The lowest BCUT2D eigenvalue weighted by Crippen LogP contribution is -2.53. The van der Waals surface area contributed by atoms with E-state index in [1.165, 1.54) is 19.1 Å².